The van der Waals surface area contributed by atoms with Crippen molar-refractivity contribution in [1.29, 1.82) is 0 Å². The number of nitrogens with zero attached hydrogens (tertiary/aromatic N) is 2. The van der Waals surface area contributed by atoms with E-state index in [-0.39, 0.29) is 17.6 Å². The number of non-ortho nitro benzene ring substituents is 1. The molecule has 1 atom stereocenters. The molecule has 0 bridgehead atoms. The maximum Gasteiger partial charge on any atom is 0.271 e. The molecule has 1 N–H and O–H groups in total. The lowest BCUT2D eigenvalue weighted by atomic mass is 10.0. The topological polar surface area (TPSA) is 84.7 Å². The van der Waals surface area contributed by atoms with Gasteiger partial charge in [-0.05, 0) is 42.9 Å². The van der Waals surface area contributed by atoms with Crippen LogP contribution in [0, 0.1) is 10.1 Å². The minimum absolute atomic E-state index is 0.0944. The molecule has 7 nitrogen and oxygen atoms in total. The van der Waals surface area contributed by atoms with Crippen LogP contribution < -0.4 is 10.1 Å². The zero-order valence-corrected chi connectivity index (χ0v) is 17.9. The standard InChI is InChI=1S/C23H29N3O4/c1-15(2)18-7-5-17(6-8-18)14-25(19-9-10-19)16(3)23(27)24-21-13-20(26(28)29)11-12-22(21)30-4/h5-8,11-13,15-16,19H,9-10,14H2,1-4H3,(H,24,27)/t16-/m1/s1. The number of nitrogens with one attached hydrogen (secondary N) is 1. The Kier molecular flexibility index (Phi) is 6.72. The van der Waals surface area contributed by atoms with E-state index in [1.165, 1.54) is 36.4 Å². The number of methoxy groups -OCH3 is 1. The van der Waals surface area contributed by atoms with E-state index in [2.05, 4.69) is 48.3 Å². The third-order valence-electron chi connectivity index (χ3n) is 5.56. The highest BCUT2D eigenvalue weighted by molar-refractivity contribution is 5.96. The number of amides is 1. The molecule has 1 amide bonds. The van der Waals surface area contributed by atoms with Gasteiger partial charge in [0.2, 0.25) is 5.91 Å². The highest BCUT2D eigenvalue weighted by Crippen LogP contribution is 2.32. The number of rotatable bonds is 9. The van der Waals surface area contributed by atoms with Gasteiger partial charge in [-0.2, -0.15) is 0 Å². The number of carbonyl (C=O) groups excluding carboxylic acids is 1. The second-order valence-electron chi connectivity index (χ2n) is 8.11. The normalized spacial score (nSPS) is 14.6. The average molecular weight is 412 g/mol. The molecular weight excluding hydrogens is 382 g/mol. The first-order valence-corrected chi connectivity index (χ1v) is 10.3. The minimum Gasteiger partial charge on any atom is -0.495 e. The smallest absolute Gasteiger partial charge is 0.271 e. The molecule has 2 aromatic rings. The molecule has 0 radical (unpaired) electrons. The van der Waals surface area contributed by atoms with Gasteiger partial charge >= 0.3 is 0 Å². The van der Waals surface area contributed by atoms with Crippen LogP contribution in [-0.4, -0.2) is 34.9 Å². The maximum atomic E-state index is 13.0. The summed E-state index contributed by atoms with van der Waals surface area (Å²) in [7, 11) is 1.47. The Balaban J connectivity index is 1.74. The summed E-state index contributed by atoms with van der Waals surface area (Å²) in [5.74, 6) is 0.663. The van der Waals surface area contributed by atoms with Gasteiger partial charge in [-0.25, -0.2) is 0 Å². The number of hydrogen-bond acceptors (Lipinski definition) is 5. The van der Waals surface area contributed by atoms with E-state index in [1.807, 2.05) is 6.92 Å². The number of nitro groups is 1. The summed E-state index contributed by atoms with van der Waals surface area (Å²) in [6.07, 6.45) is 2.14. The van der Waals surface area contributed by atoms with Crippen molar-refractivity contribution >= 4 is 17.3 Å². The highest BCUT2D eigenvalue weighted by atomic mass is 16.6. The van der Waals surface area contributed by atoms with Crippen molar-refractivity contribution in [2.45, 2.75) is 58.2 Å². The van der Waals surface area contributed by atoms with Crippen LogP contribution >= 0.6 is 0 Å². The van der Waals surface area contributed by atoms with Crippen LogP contribution in [0.15, 0.2) is 42.5 Å². The highest BCUT2D eigenvalue weighted by Gasteiger charge is 2.35. The Hall–Kier alpha value is -2.93. The van der Waals surface area contributed by atoms with E-state index in [0.29, 0.717) is 29.9 Å². The molecule has 0 spiro atoms. The van der Waals surface area contributed by atoms with Gasteiger partial charge in [0.05, 0.1) is 23.8 Å². The Morgan fingerprint density at radius 3 is 2.40 bits per heavy atom. The second-order valence-corrected chi connectivity index (χ2v) is 8.11. The molecule has 0 unspecified atom stereocenters. The Bertz CT molecular complexity index is 907. The van der Waals surface area contributed by atoms with Crippen LogP contribution in [0.2, 0.25) is 0 Å². The summed E-state index contributed by atoms with van der Waals surface area (Å²) < 4.78 is 5.26. The first-order valence-electron chi connectivity index (χ1n) is 10.3. The summed E-state index contributed by atoms with van der Waals surface area (Å²) in [6, 6.07) is 12.7. The van der Waals surface area contributed by atoms with Gasteiger partial charge < -0.3 is 10.1 Å². The lowest BCUT2D eigenvalue weighted by Crippen LogP contribution is -2.43. The van der Waals surface area contributed by atoms with Crippen molar-refractivity contribution in [2.75, 3.05) is 12.4 Å². The van der Waals surface area contributed by atoms with Crippen LogP contribution in [0.3, 0.4) is 0 Å². The van der Waals surface area contributed by atoms with Crippen LogP contribution in [0.5, 0.6) is 5.75 Å². The molecule has 1 saturated carbocycles. The van der Waals surface area contributed by atoms with Crippen molar-refractivity contribution in [1.82, 2.24) is 4.90 Å². The van der Waals surface area contributed by atoms with E-state index in [4.69, 9.17) is 4.74 Å². The molecule has 7 heteroatoms. The fourth-order valence-electron chi connectivity index (χ4n) is 3.50. The molecule has 1 aliphatic rings. The van der Waals surface area contributed by atoms with Crippen LogP contribution in [0.4, 0.5) is 11.4 Å². The lowest BCUT2D eigenvalue weighted by Gasteiger charge is -2.28. The fraction of sp³-hybridized carbons (Fsp3) is 0.435. The predicted molar refractivity (Wildman–Crippen MR) is 117 cm³/mol. The fourth-order valence-corrected chi connectivity index (χ4v) is 3.50. The molecule has 30 heavy (non-hydrogen) atoms. The van der Waals surface area contributed by atoms with Gasteiger partial charge in [-0.1, -0.05) is 38.1 Å². The molecule has 0 saturated heterocycles. The van der Waals surface area contributed by atoms with Gasteiger partial charge in [0.15, 0.2) is 0 Å². The monoisotopic (exact) mass is 411 g/mol. The van der Waals surface area contributed by atoms with Gasteiger partial charge in [0, 0.05) is 24.7 Å². The van der Waals surface area contributed by atoms with Gasteiger partial charge in [0.1, 0.15) is 5.75 Å². The van der Waals surface area contributed by atoms with Crippen LogP contribution in [0.1, 0.15) is 50.7 Å². The van der Waals surface area contributed by atoms with Crippen molar-refractivity contribution < 1.29 is 14.5 Å². The number of anilines is 1. The van der Waals surface area contributed by atoms with E-state index in [9.17, 15) is 14.9 Å². The van der Waals surface area contributed by atoms with Gasteiger partial charge in [0.25, 0.3) is 5.69 Å². The number of ether oxygens (including phenoxy) is 1. The van der Waals surface area contributed by atoms with Crippen LogP contribution in [-0.2, 0) is 11.3 Å². The van der Waals surface area contributed by atoms with E-state index in [1.54, 1.807) is 0 Å². The summed E-state index contributed by atoms with van der Waals surface area (Å²) in [6.45, 7) is 6.89. The number of benzene rings is 2. The minimum atomic E-state index is -0.490. The van der Waals surface area contributed by atoms with Gasteiger partial charge in [-0.3, -0.25) is 19.8 Å². The SMILES string of the molecule is COc1ccc([N+](=O)[O-])cc1NC(=O)[C@@H](C)N(Cc1ccc(C(C)C)cc1)C1CC1. The quantitative estimate of drug-likeness (QED) is 0.477. The molecular formula is C23H29N3O4. The largest absolute Gasteiger partial charge is 0.495 e. The molecule has 160 valence electrons. The number of carbonyl (C=O) groups is 1. The molecule has 2 aromatic carbocycles. The second kappa shape index (κ2) is 9.26. The van der Waals surface area contributed by atoms with E-state index >= 15 is 0 Å². The third-order valence-corrected chi connectivity index (χ3v) is 5.56. The number of nitro benzene ring substituents is 1. The van der Waals surface area contributed by atoms with Crippen LogP contribution in [0.25, 0.3) is 0 Å². The number of hydrogen-bond donors (Lipinski definition) is 1. The Labute approximate surface area is 177 Å². The first kappa shape index (κ1) is 21.8. The maximum absolute atomic E-state index is 13.0. The van der Waals surface area contributed by atoms with Gasteiger partial charge in [-0.15, -0.1) is 0 Å². The predicted octanol–water partition coefficient (Wildman–Crippen LogP) is 4.72. The summed E-state index contributed by atoms with van der Waals surface area (Å²) >= 11 is 0. The van der Waals surface area contributed by atoms with E-state index < -0.39 is 4.92 Å². The Morgan fingerprint density at radius 1 is 1.20 bits per heavy atom. The molecule has 0 aromatic heterocycles. The summed E-state index contributed by atoms with van der Waals surface area (Å²) in [5, 5.41) is 13.9. The first-order chi connectivity index (χ1) is 14.3. The molecule has 0 aliphatic heterocycles. The lowest BCUT2D eigenvalue weighted by molar-refractivity contribution is -0.384. The van der Waals surface area contributed by atoms with Crippen molar-refractivity contribution in [3.8, 4) is 5.75 Å². The summed E-state index contributed by atoms with van der Waals surface area (Å²) in [4.78, 5) is 25.8. The van der Waals surface area contributed by atoms with Crippen molar-refractivity contribution in [3.05, 3.63) is 63.7 Å². The molecule has 1 aliphatic carbocycles. The van der Waals surface area contributed by atoms with Crippen molar-refractivity contribution in [3.63, 3.8) is 0 Å². The zero-order chi connectivity index (χ0) is 21.8. The Morgan fingerprint density at radius 2 is 1.87 bits per heavy atom. The summed E-state index contributed by atoms with van der Waals surface area (Å²) in [5.41, 5.74) is 2.67. The molecule has 3 rings (SSSR count). The van der Waals surface area contributed by atoms with Crippen molar-refractivity contribution in [2.24, 2.45) is 0 Å². The van der Waals surface area contributed by atoms with E-state index in [0.717, 1.165) is 12.8 Å². The average Bonchev–Trinajstić information content (AvgIpc) is 3.56. The third kappa shape index (κ3) is 5.16. The molecule has 1 fully saturated rings. The molecule has 0 heterocycles. The zero-order valence-electron chi connectivity index (χ0n) is 17.9.